The number of nitrogens with zero attached hydrogens (tertiary/aromatic N) is 3. The van der Waals surface area contributed by atoms with Crippen LogP contribution in [0.25, 0.3) is 0 Å². The minimum Gasteiger partial charge on any atom is -0.301 e. The zero-order valence-electron chi connectivity index (χ0n) is 11.7. The number of aldehydes is 1. The Balaban J connectivity index is 2.41. The normalized spacial score (nSPS) is 20.6. The van der Waals surface area contributed by atoms with Crippen molar-refractivity contribution in [3.05, 3.63) is 39.9 Å². The second-order valence-electron chi connectivity index (χ2n) is 5.31. The third-order valence-electron chi connectivity index (χ3n) is 3.70. The first kappa shape index (κ1) is 14.2. The number of rotatable bonds is 4. The van der Waals surface area contributed by atoms with Gasteiger partial charge < -0.3 is 4.79 Å². The van der Waals surface area contributed by atoms with Crippen LogP contribution in [-0.4, -0.2) is 34.5 Å². The van der Waals surface area contributed by atoms with Gasteiger partial charge in [-0.15, -0.1) is 0 Å². The molecule has 0 aromatic heterocycles. The summed E-state index contributed by atoms with van der Waals surface area (Å²) in [5.41, 5.74) is 1.22. The number of non-ortho nitro benzene ring substituents is 1. The van der Waals surface area contributed by atoms with Crippen LogP contribution in [0.4, 0.5) is 5.69 Å². The molecule has 6 heteroatoms. The lowest BCUT2D eigenvalue weighted by atomic mass is 9.78. The van der Waals surface area contributed by atoms with Crippen LogP contribution in [0.1, 0.15) is 26.3 Å². The van der Waals surface area contributed by atoms with Crippen LogP contribution in [-0.2, 0) is 4.79 Å². The second kappa shape index (κ2) is 5.03. The molecule has 0 bridgehead atoms. The zero-order valence-corrected chi connectivity index (χ0v) is 11.7. The van der Waals surface area contributed by atoms with Gasteiger partial charge in [-0.1, -0.05) is 13.8 Å². The topological polar surface area (TPSA) is 75.8 Å². The van der Waals surface area contributed by atoms with E-state index < -0.39 is 10.3 Å². The number of nitro benzene ring substituents is 1. The first-order valence-electron chi connectivity index (χ1n) is 6.47. The molecule has 20 heavy (non-hydrogen) atoms. The Morgan fingerprint density at radius 2 is 2.00 bits per heavy atom. The quantitative estimate of drug-likeness (QED) is 0.479. The summed E-state index contributed by atoms with van der Waals surface area (Å²) in [6.45, 7) is 6.50. The Hall–Kier alpha value is -2.24. The van der Waals surface area contributed by atoms with E-state index in [0.29, 0.717) is 6.54 Å². The van der Waals surface area contributed by atoms with Crippen molar-refractivity contribution in [3.63, 3.8) is 0 Å². The highest BCUT2D eigenvalue weighted by atomic mass is 16.6. The van der Waals surface area contributed by atoms with Crippen molar-refractivity contribution in [3.8, 4) is 0 Å². The van der Waals surface area contributed by atoms with Gasteiger partial charge in [0.25, 0.3) is 5.69 Å². The van der Waals surface area contributed by atoms with E-state index in [-0.39, 0.29) is 11.7 Å². The molecule has 6 nitrogen and oxygen atoms in total. The van der Waals surface area contributed by atoms with Crippen molar-refractivity contribution >= 4 is 17.7 Å². The van der Waals surface area contributed by atoms with Gasteiger partial charge in [0, 0.05) is 24.1 Å². The summed E-state index contributed by atoms with van der Waals surface area (Å²) in [4.78, 5) is 21.6. The monoisotopic (exact) mass is 275 g/mol. The summed E-state index contributed by atoms with van der Waals surface area (Å²) in [6, 6.07) is 5.97. The molecule has 0 amide bonds. The molecule has 1 aromatic carbocycles. The molecule has 0 aliphatic carbocycles. The van der Waals surface area contributed by atoms with E-state index in [0.717, 1.165) is 17.6 Å². The number of benzene rings is 1. The third-order valence-corrected chi connectivity index (χ3v) is 3.70. The summed E-state index contributed by atoms with van der Waals surface area (Å²) >= 11 is 0. The highest BCUT2D eigenvalue weighted by Crippen LogP contribution is 2.35. The smallest absolute Gasteiger partial charge is 0.269 e. The van der Waals surface area contributed by atoms with Gasteiger partial charge in [-0.25, -0.2) is 0 Å². The van der Waals surface area contributed by atoms with Gasteiger partial charge >= 0.3 is 0 Å². The molecule has 2 rings (SSSR count). The van der Waals surface area contributed by atoms with Crippen LogP contribution in [0.15, 0.2) is 29.4 Å². The fourth-order valence-corrected chi connectivity index (χ4v) is 2.51. The first-order valence-corrected chi connectivity index (χ1v) is 6.47. The summed E-state index contributed by atoms with van der Waals surface area (Å²) < 4.78 is 0. The minimum atomic E-state index is -0.433. The van der Waals surface area contributed by atoms with Gasteiger partial charge in [0.2, 0.25) is 0 Å². The summed E-state index contributed by atoms with van der Waals surface area (Å²) in [6.07, 6.45) is 0.908. The van der Waals surface area contributed by atoms with E-state index in [9.17, 15) is 14.9 Å². The predicted molar refractivity (Wildman–Crippen MR) is 75.6 cm³/mol. The molecule has 1 aliphatic rings. The van der Waals surface area contributed by atoms with Gasteiger partial charge in [0.1, 0.15) is 12.3 Å². The second-order valence-corrected chi connectivity index (χ2v) is 5.31. The van der Waals surface area contributed by atoms with Crippen molar-refractivity contribution in [2.75, 3.05) is 6.54 Å². The molecular formula is C14H17N3O3. The predicted octanol–water partition coefficient (Wildman–Crippen LogP) is 2.23. The average Bonchev–Trinajstić information content (AvgIpc) is 2.69. The number of carbonyl (C=O) groups is 1. The average molecular weight is 275 g/mol. The van der Waals surface area contributed by atoms with E-state index in [4.69, 9.17) is 0 Å². The molecule has 1 heterocycles. The van der Waals surface area contributed by atoms with Crippen molar-refractivity contribution in [1.82, 2.24) is 5.01 Å². The molecule has 106 valence electrons. The maximum Gasteiger partial charge on any atom is 0.269 e. The van der Waals surface area contributed by atoms with Crippen molar-refractivity contribution in [2.24, 2.45) is 10.5 Å². The van der Waals surface area contributed by atoms with Crippen molar-refractivity contribution < 1.29 is 9.72 Å². The summed E-state index contributed by atoms with van der Waals surface area (Å²) in [5, 5.41) is 16.9. The number of nitro groups is 1. The van der Waals surface area contributed by atoms with Crippen LogP contribution in [0, 0.1) is 15.5 Å². The first-order chi connectivity index (χ1) is 9.41. The van der Waals surface area contributed by atoms with Crippen LogP contribution in [0.5, 0.6) is 0 Å². The molecule has 0 radical (unpaired) electrons. The van der Waals surface area contributed by atoms with E-state index in [1.54, 1.807) is 17.1 Å². The zero-order chi connectivity index (χ0) is 14.9. The number of carbonyl (C=O) groups excluding carboxylic acids is 1. The minimum absolute atomic E-state index is 0.0458. The standard InChI is InChI=1S/C14H17N3O3/c1-4-16-12(9-18)14(2,3)13(15-16)10-5-7-11(8-6-10)17(19)20/h5-9,12H,4H2,1-3H3. The van der Waals surface area contributed by atoms with E-state index in [1.807, 2.05) is 20.8 Å². The lowest BCUT2D eigenvalue weighted by Crippen LogP contribution is -2.41. The van der Waals surface area contributed by atoms with Gasteiger partial charge in [-0.2, -0.15) is 5.10 Å². The molecule has 0 saturated heterocycles. The van der Waals surface area contributed by atoms with Crippen LogP contribution in [0.2, 0.25) is 0 Å². The largest absolute Gasteiger partial charge is 0.301 e. The van der Waals surface area contributed by atoms with E-state index >= 15 is 0 Å². The number of hydrogen-bond acceptors (Lipinski definition) is 5. The molecule has 1 atom stereocenters. The molecule has 0 N–H and O–H groups in total. The summed E-state index contributed by atoms with van der Waals surface area (Å²) in [5.74, 6) is 0. The molecule has 0 saturated carbocycles. The number of hydrazone groups is 1. The van der Waals surface area contributed by atoms with Crippen molar-refractivity contribution in [2.45, 2.75) is 26.8 Å². The lowest BCUT2D eigenvalue weighted by molar-refractivity contribution is -0.384. The van der Waals surface area contributed by atoms with Crippen LogP contribution < -0.4 is 0 Å². The van der Waals surface area contributed by atoms with Crippen LogP contribution in [0.3, 0.4) is 0 Å². The molecule has 1 unspecified atom stereocenters. The van der Waals surface area contributed by atoms with E-state index in [2.05, 4.69) is 5.10 Å². The Morgan fingerprint density at radius 3 is 2.40 bits per heavy atom. The molecule has 0 spiro atoms. The SMILES string of the molecule is CCN1N=C(c2ccc([N+](=O)[O-])cc2)C(C)(C)C1C=O. The van der Waals surface area contributed by atoms with Gasteiger partial charge in [-0.05, 0) is 24.6 Å². The number of likely N-dealkylation sites (N-methyl/N-ethyl adjacent to an activating group) is 1. The molecule has 1 aliphatic heterocycles. The van der Waals surface area contributed by atoms with Gasteiger partial charge in [0.05, 0.1) is 10.6 Å². The Bertz CT molecular complexity index is 564. The number of hydrogen-bond donors (Lipinski definition) is 0. The van der Waals surface area contributed by atoms with Crippen molar-refractivity contribution in [1.29, 1.82) is 0 Å². The van der Waals surface area contributed by atoms with Gasteiger partial charge in [-0.3, -0.25) is 15.1 Å². The lowest BCUT2D eigenvalue weighted by Gasteiger charge is -2.28. The fourth-order valence-electron chi connectivity index (χ4n) is 2.51. The molecular weight excluding hydrogens is 258 g/mol. The Labute approximate surface area is 117 Å². The Kier molecular flexibility index (Phi) is 3.57. The highest BCUT2D eigenvalue weighted by molar-refractivity contribution is 6.07. The van der Waals surface area contributed by atoms with E-state index in [1.165, 1.54) is 12.1 Å². The fraction of sp³-hybridized carbons (Fsp3) is 0.429. The maximum absolute atomic E-state index is 11.3. The van der Waals surface area contributed by atoms with Gasteiger partial charge in [0.15, 0.2) is 0 Å². The maximum atomic E-state index is 11.3. The highest BCUT2D eigenvalue weighted by Gasteiger charge is 2.44. The molecule has 1 aromatic rings. The third kappa shape index (κ3) is 2.17. The Morgan fingerprint density at radius 1 is 1.40 bits per heavy atom. The molecule has 0 fully saturated rings. The summed E-state index contributed by atoms with van der Waals surface area (Å²) in [7, 11) is 0. The van der Waals surface area contributed by atoms with Crippen LogP contribution >= 0.6 is 0 Å².